The van der Waals surface area contributed by atoms with Crippen LogP contribution < -0.4 is 5.32 Å². The first kappa shape index (κ1) is 14.8. The second-order valence-electron chi connectivity index (χ2n) is 4.34. The molecule has 1 unspecified atom stereocenters. The van der Waals surface area contributed by atoms with Gasteiger partial charge in [-0.3, -0.25) is 10.1 Å². The monoisotopic (exact) mass is 354 g/mol. The number of nitro groups is 1. The minimum atomic E-state index is -0.405. The molecule has 0 aliphatic rings. The van der Waals surface area contributed by atoms with E-state index < -0.39 is 4.92 Å². The van der Waals surface area contributed by atoms with Gasteiger partial charge in [-0.05, 0) is 36.8 Å². The summed E-state index contributed by atoms with van der Waals surface area (Å²) in [4.78, 5) is 10.7. The molecular weight excluding hydrogens is 344 g/mol. The molecule has 4 nitrogen and oxygen atoms in total. The molecule has 2 aromatic rings. The summed E-state index contributed by atoms with van der Waals surface area (Å²) in [5.74, 6) is 0. The SMILES string of the molecule is CC(Nc1ccc(Br)cc1[N+](=O)[O-])c1cccc(Cl)c1. The van der Waals surface area contributed by atoms with Crippen LogP contribution in [0, 0.1) is 10.1 Å². The fourth-order valence-electron chi connectivity index (χ4n) is 1.87. The van der Waals surface area contributed by atoms with Crippen molar-refractivity contribution >= 4 is 38.9 Å². The van der Waals surface area contributed by atoms with Crippen LogP contribution in [-0.2, 0) is 0 Å². The summed E-state index contributed by atoms with van der Waals surface area (Å²) in [6.45, 7) is 1.93. The van der Waals surface area contributed by atoms with E-state index in [0.717, 1.165) is 5.56 Å². The van der Waals surface area contributed by atoms with E-state index in [-0.39, 0.29) is 11.7 Å². The molecule has 1 atom stereocenters. The highest BCUT2D eigenvalue weighted by Gasteiger charge is 2.16. The van der Waals surface area contributed by atoms with Crippen LogP contribution in [-0.4, -0.2) is 4.92 Å². The second-order valence-corrected chi connectivity index (χ2v) is 5.69. The van der Waals surface area contributed by atoms with E-state index in [1.54, 1.807) is 18.2 Å². The van der Waals surface area contributed by atoms with Crippen molar-refractivity contribution in [1.29, 1.82) is 0 Å². The van der Waals surface area contributed by atoms with Crippen molar-refractivity contribution in [1.82, 2.24) is 0 Å². The van der Waals surface area contributed by atoms with Gasteiger partial charge in [0.2, 0.25) is 0 Å². The van der Waals surface area contributed by atoms with E-state index in [9.17, 15) is 10.1 Å². The van der Waals surface area contributed by atoms with Gasteiger partial charge in [0.15, 0.2) is 0 Å². The van der Waals surface area contributed by atoms with Gasteiger partial charge in [-0.2, -0.15) is 0 Å². The molecule has 2 rings (SSSR count). The van der Waals surface area contributed by atoms with Gasteiger partial charge >= 0.3 is 0 Å². The van der Waals surface area contributed by atoms with Crippen LogP contribution in [0.15, 0.2) is 46.9 Å². The zero-order valence-electron chi connectivity index (χ0n) is 10.6. The summed E-state index contributed by atoms with van der Waals surface area (Å²) in [7, 11) is 0. The third-order valence-electron chi connectivity index (χ3n) is 2.88. The largest absolute Gasteiger partial charge is 0.373 e. The summed E-state index contributed by atoms with van der Waals surface area (Å²) in [6, 6.07) is 12.2. The summed E-state index contributed by atoms with van der Waals surface area (Å²) in [5.41, 5.74) is 1.48. The lowest BCUT2D eigenvalue weighted by atomic mass is 10.1. The van der Waals surface area contributed by atoms with E-state index in [1.807, 2.05) is 25.1 Å². The van der Waals surface area contributed by atoms with Crippen molar-refractivity contribution in [3.05, 3.63) is 67.6 Å². The van der Waals surface area contributed by atoms with Crippen molar-refractivity contribution in [3.63, 3.8) is 0 Å². The molecule has 0 radical (unpaired) electrons. The molecule has 0 heterocycles. The molecule has 104 valence electrons. The van der Waals surface area contributed by atoms with Gasteiger partial charge in [0.1, 0.15) is 5.69 Å². The number of nitrogens with one attached hydrogen (secondary N) is 1. The van der Waals surface area contributed by atoms with Gasteiger partial charge in [0.25, 0.3) is 5.69 Å². The third-order valence-corrected chi connectivity index (χ3v) is 3.61. The predicted octanol–water partition coefficient (Wildman–Crippen LogP) is 5.18. The number of rotatable bonds is 4. The summed E-state index contributed by atoms with van der Waals surface area (Å²) in [5, 5.41) is 14.9. The fourth-order valence-corrected chi connectivity index (χ4v) is 2.42. The Morgan fingerprint density at radius 2 is 2.05 bits per heavy atom. The lowest BCUT2D eigenvalue weighted by Crippen LogP contribution is -2.08. The zero-order valence-corrected chi connectivity index (χ0v) is 13.0. The molecular formula is C14H12BrClN2O2. The average molecular weight is 356 g/mol. The smallest absolute Gasteiger partial charge is 0.293 e. The normalized spacial score (nSPS) is 11.9. The maximum Gasteiger partial charge on any atom is 0.293 e. The minimum Gasteiger partial charge on any atom is -0.373 e. The van der Waals surface area contributed by atoms with Gasteiger partial charge in [-0.1, -0.05) is 39.7 Å². The predicted molar refractivity (Wildman–Crippen MR) is 84.3 cm³/mol. The average Bonchev–Trinajstić information content (AvgIpc) is 2.40. The van der Waals surface area contributed by atoms with Gasteiger partial charge in [-0.15, -0.1) is 0 Å². The number of anilines is 1. The van der Waals surface area contributed by atoms with E-state index >= 15 is 0 Å². The Morgan fingerprint density at radius 1 is 1.30 bits per heavy atom. The summed E-state index contributed by atoms with van der Waals surface area (Å²) < 4.78 is 0.671. The minimum absolute atomic E-state index is 0.0354. The Morgan fingerprint density at radius 3 is 2.70 bits per heavy atom. The maximum absolute atomic E-state index is 11.1. The molecule has 0 aliphatic carbocycles. The van der Waals surface area contributed by atoms with E-state index in [2.05, 4.69) is 21.2 Å². The van der Waals surface area contributed by atoms with Crippen LogP contribution >= 0.6 is 27.5 Å². The number of nitro benzene ring substituents is 1. The molecule has 2 aromatic carbocycles. The Bertz CT molecular complexity index is 649. The van der Waals surface area contributed by atoms with Crippen molar-refractivity contribution in [2.75, 3.05) is 5.32 Å². The van der Waals surface area contributed by atoms with Crippen LogP contribution in [0.2, 0.25) is 5.02 Å². The highest BCUT2D eigenvalue weighted by molar-refractivity contribution is 9.10. The molecule has 0 aliphatic heterocycles. The van der Waals surface area contributed by atoms with Crippen LogP contribution in [0.3, 0.4) is 0 Å². The van der Waals surface area contributed by atoms with Crippen molar-refractivity contribution < 1.29 is 4.92 Å². The topological polar surface area (TPSA) is 55.2 Å². The molecule has 1 N–H and O–H groups in total. The van der Waals surface area contributed by atoms with Crippen molar-refractivity contribution in [2.24, 2.45) is 0 Å². The zero-order chi connectivity index (χ0) is 14.7. The maximum atomic E-state index is 11.1. The highest BCUT2D eigenvalue weighted by atomic mass is 79.9. The fraction of sp³-hybridized carbons (Fsp3) is 0.143. The van der Waals surface area contributed by atoms with Crippen molar-refractivity contribution in [2.45, 2.75) is 13.0 Å². The molecule has 0 amide bonds. The van der Waals surface area contributed by atoms with Gasteiger partial charge in [-0.25, -0.2) is 0 Å². The number of benzene rings is 2. The Hall–Kier alpha value is -1.59. The summed E-state index contributed by atoms with van der Waals surface area (Å²) in [6.07, 6.45) is 0. The number of halogens is 2. The van der Waals surface area contributed by atoms with E-state index in [4.69, 9.17) is 11.6 Å². The van der Waals surface area contributed by atoms with Gasteiger partial charge in [0.05, 0.1) is 4.92 Å². The Kier molecular flexibility index (Phi) is 4.62. The van der Waals surface area contributed by atoms with Crippen LogP contribution in [0.4, 0.5) is 11.4 Å². The van der Waals surface area contributed by atoms with E-state index in [0.29, 0.717) is 15.2 Å². The first-order chi connectivity index (χ1) is 9.47. The molecule has 0 saturated carbocycles. The molecule has 20 heavy (non-hydrogen) atoms. The molecule has 0 aromatic heterocycles. The Labute approximate surface area is 130 Å². The number of nitrogens with zero attached hydrogens (tertiary/aromatic N) is 1. The molecule has 0 fully saturated rings. The first-order valence-corrected chi connectivity index (χ1v) is 7.10. The van der Waals surface area contributed by atoms with Crippen LogP contribution in [0.5, 0.6) is 0 Å². The summed E-state index contributed by atoms with van der Waals surface area (Å²) >= 11 is 9.19. The van der Waals surface area contributed by atoms with E-state index in [1.165, 1.54) is 6.07 Å². The molecule has 0 saturated heterocycles. The Balaban J connectivity index is 2.28. The highest BCUT2D eigenvalue weighted by Crippen LogP contribution is 2.31. The van der Waals surface area contributed by atoms with Crippen LogP contribution in [0.25, 0.3) is 0 Å². The first-order valence-electron chi connectivity index (χ1n) is 5.93. The molecule has 0 bridgehead atoms. The second kappa shape index (κ2) is 6.24. The van der Waals surface area contributed by atoms with Gasteiger partial charge < -0.3 is 5.32 Å². The quantitative estimate of drug-likeness (QED) is 0.607. The molecule has 0 spiro atoms. The lowest BCUT2D eigenvalue weighted by Gasteiger charge is -2.16. The number of hydrogen-bond donors (Lipinski definition) is 1. The van der Waals surface area contributed by atoms with Crippen LogP contribution in [0.1, 0.15) is 18.5 Å². The third kappa shape index (κ3) is 3.49. The van der Waals surface area contributed by atoms with Gasteiger partial charge in [0, 0.05) is 21.6 Å². The standard InChI is InChI=1S/C14H12BrClN2O2/c1-9(10-3-2-4-12(16)7-10)17-13-6-5-11(15)8-14(13)18(19)20/h2-9,17H,1H3. The lowest BCUT2D eigenvalue weighted by molar-refractivity contribution is -0.384. The van der Waals surface area contributed by atoms with Crippen molar-refractivity contribution in [3.8, 4) is 0 Å². The molecule has 6 heteroatoms. The number of hydrogen-bond acceptors (Lipinski definition) is 3.